The lowest BCUT2D eigenvalue weighted by molar-refractivity contribution is 0.0953. The number of para-hydroxylation sites is 1. The van der Waals surface area contributed by atoms with Crippen molar-refractivity contribution >= 4 is 11.9 Å². The number of fused-ring (bicyclic) bond motifs is 2. The molecule has 0 radical (unpaired) electrons. The van der Waals surface area contributed by atoms with Crippen molar-refractivity contribution in [2.45, 2.75) is 26.8 Å². The van der Waals surface area contributed by atoms with Crippen LogP contribution in [0, 0.1) is 6.92 Å². The van der Waals surface area contributed by atoms with E-state index in [0.29, 0.717) is 42.7 Å². The quantitative estimate of drug-likeness (QED) is 0.382. The zero-order valence-corrected chi connectivity index (χ0v) is 21.6. The van der Waals surface area contributed by atoms with Crippen LogP contribution in [-0.4, -0.2) is 44.8 Å². The van der Waals surface area contributed by atoms with Crippen molar-refractivity contribution < 1.29 is 28.5 Å². The summed E-state index contributed by atoms with van der Waals surface area (Å²) < 4.78 is 28.7. The van der Waals surface area contributed by atoms with E-state index in [9.17, 15) is 4.79 Å². The summed E-state index contributed by atoms with van der Waals surface area (Å²) in [5.41, 5.74) is 4.37. The Kier molecular flexibility index (Phi) is 7.06. The third-order valence-corrected chi connectivity index (χ3v) is 6.67. The van der Waals surface area contributed by atoms with Crippen molar-refractivity contribution in [1.29, 1.82) is 0 Å². The van der Waals surface area contributed by atoms with E-state index < -0.39 is 0 Å². The zero-order valence-electron chi connectivity index (χ0n) is 21.6. The van der Waals surface area contributed by atoms with Crippen molar-refractivity contribution in [2.75, 3.05) is 34.1 Å². The molecule has 0 spiro atoms. The van der Waals surface area contributed by atoms with E-state index in [0.717, 1.165) is 46.7 Å². The molecule has 3 aromatic carbocycles. The lowest BCUT2D eigenvalue weighted by atomic mass is 9.99. The van der Waals surface area contributed by atoms with Crippen LogP contribution in [0.15, 0.2) is 54.3 Å². The van der Waals surface area contributed by atoms with Crippen LogP contribution in [0.5, 0.6) is 28.7 Å². The highest BCUT2D eigenvalue weighted by atomic mass is 16.5. The van der Waals surface area contributed by atoms with E-state index in [2.05, 4.69) is 4.90 Å². The summed E-state index contributed by atoms with van der Waals surface area (Å²) in [6.07, 6.45) is 2.58. The van der Waals surface area contributed by atoms with Gasteiger partial charge in [0, 0.05) is 29.8 Å². The molecule has 192 valence electrons. The van der Waals surface area contributed by atoms with Crippen molar-refractivity contribution in [3.8, 4) is 28.7 Å². The maximum atomic E-state index is 13.3. The Bertz CT molecular complexity index is 1360. The van der Waals surface area contributed by atoms with Crippen LogP contribution in [0.2, 0.25) is 0 Å². The fraction of sp³-hybridized carbons (Fsp3) is 0.300. The molecule has 3 aromatic rings. The predicted octanol–water partition coefficient (Wildman–Crippen LogP) is 5.42. The lowest BCUT2D eigenvalue weighted by Gasteiger charge is -2.30. The summed E-state index contributed by atoms with van der Waals surface area (Å²) in [6, 6.07) is 15.5. The minimum absolute atomic E-state index is 0.130. The van der Waals surface area contributed by atoms with Gasteiger partial charge in [0.1, 0.15) is 24.0 Å². The average molecular weight is 502 g/mol. The molecule has 2 aliphatic heterocycles. The molecule has 0 atom stereocenters. The van der Waals surface area contributed by atoms with Gasteiger partial charge < -0.3 is 23.7 Å². The molecule has 0 N–H and O–H groups in total. The second-order valence-electron chi connectivity index (χ2n) is 9.04. The Morgan fingerprint density at radius 3 is 2.59 bits per heavy atom. The number of allylic oxidation sites excluding steroid dienone is 1. The monoisotopic (exact) mass is 501 g/mol. The molecule has 7 nitrogen and oxygen atoms in total. The van der Waals surface area contributed by atoms with Gasteiger partial charge in [0.15, 0.2) is 17.3 Å². The van der Waals surface area contributed by atoms with Gasteiger partial charge in [-0.3, -0.25) is 9.69 Å². The topological polar surface area (TPSA) is 66.5 Å². The van der Waals surface area contributed by atoms with Gasteiger partial charge in [-0.15, -0.1) is 0 Å². The molecule has 2 aliphatic rings. The molecule has 37 heavy (non-hydrogen) atoms. The minimum atomic E-state index is -0.130. The molecule has 0 saturated heterocycles. The first-order valence-electron chi connectivity index (χ1n) is 12.4. The lowest BCUT2D eigenvalue weighted by Crippen LogP contribution is -2.34. The third kappa shape index (κ3) is 4.87. The summed E-state index contributed by atoms with van der Waals surface area (Å²) in [4.78, 5) is 15.5. The Labute approximate surface area is 217 Å². The number of ketones is 1. The van der Waals surface area contributed by atoms with Crippen molar-refractivity contribution in [2.24, 2.45) is 0 Å². The number of carbonyl (C=O) groups excluding carboxylic acids is 1. The number of nitrogens with zero attached hydrogens (tertiary/aromatic N) is 1. The first kappa shape index (κ1) is 24.7. The van der Waals surface area contributed by atoms with Gasteiger partial charge in [-0.25, -0.2) is 0 Å². The molecule has 0 bridgehead atoms. The van der Waals surface area contributed by atoms with E-state index in [1.807, 2.05) is 62.4 Å². The number of Topliss-reactive ketones (excluding diaryl/α,β-unsaturated/α-hetero) is 1. The van der Waals surface area contributed by atoms with Crippen LogP contribution >= 0.6 is 0 Å². The van der Waals surface area contributed by atoms with Crippen molar-refractivity contribution in [3.05, 3.63) is 82.1 Å². The first-order chi connectivity index (χ1) is 18.0. The molecular formula is C30H31NO6. The summed E-state index contributed by atoms with van der Waals surface area (Å²) in [5.74, 6) is 3.68. The molecule has 0 saturated carbocycles. The molecule has 7 heteroatoms. The van der Waals surface area contributed by atoms with Gasteiger partial charge >= 0.3 is 0 Å². The second kappa shape index (κ2) is 10.6. The number of rotatable bonds is 8. The van der Waals surface area contributed by atoms with Gasteiger partial charge in [0.25, 0.3) is 0 Å². The fourth-order valence-electron chi connectivity index (χ4n) is 4.79. The van der Waals surface area contributed by atoms with Gasteiger partial charge in [-0.05, 0) is 56.2 Å². The minimum Gasteiger partial charge on any atom is -0.493 e. The normalized spacial score (nSPS) is 15.6. The standard InChI is InChI=1S/C30H31NO6/c1-5-35-24-9-7-6-8-21(24)16-27-28(32)23-15-22-17-31(18-36-29(22)19(2)30(23)37-27)13-12-20-10-11-25(33-3)26(14-20)34-4/h6-11,14-16H,5,12-13,17-18H2,1-4H3/b27-16-. The van der Waals surface area contributed by atoms with E-state index in [4.69, 9.17) is 23.7 Å². The molecule has 0 aliphatic carbocycles. The van der Waals surface area contributed by atoms with Crippen LogP contribution in [0.25, 0.3) is 6.08 Å². The maximum absolute atomic E-state index is 13.3. The third-order valence-electron chi connectivity index (χ3n) is 6.67. The average Bonchev–Trinajstić information content (AvgIpc) is 3.23. The number of carbonyl (C=O) groups is 1. The van der Waals surface area contributed by atoms with Gasteiger partial charge in [0.2, 0.25) is 5.78 Å². The number of methoxy groups -OCH3 is 2. The number of hydrogen-bond acceptors (Lipinski definition) is 7. The van der Waals surface area contributed by atoms with Gasteiger partial charge in [-0.1, -0.05) is 24.3 Å². The number of hydrogen-bond donors (Lipinski definition) is 0. The predicted molar refractivity (Wildman–Crippen MR) is 141 cm³/mol. The second-order valence-corrected chi connectivity index (χ2v) is 9.04. The van der Waals surface area contributed by atoms with Crippen LogP contribution < -0.4 is 23.7 Å². The fourth-order valence-corrected chi connectivity index (χ4v) is 4.79. The first-order valence-corrected chi connectivity index (χ1v) is 12.4. The summed E-state index contributed by atoms with van der Waals surface area (Å²) in [6.45, 7) is 6.38. The smallest absolute Gasteiger partial charge is 0.231 e. The molecule has 0 unspecified atom stereocenters. The SMILES string of the molecule is CCOc1ccccc1/C=C1\Oc2c(cc3c(c2C)OCN(CCc2ccc(OC)c(OC)c2)C3)C1=O. The molecule has 0 aromatic heterocycles. The largest absolute Gasteiger partial charge is 0.493 e. The Hall–Kier alpha value is -3.97. The molecule has 2 heterocycles. The van der Waals surface area contributed by atoms with Crippen LogP contribution in [0.3, 0.4) is 0 Å². The van der Waals surface area contributed by atoms with E-state index in [1.165, 1.54) is 0 Å². The zero-order chi connectivity index (χ0) is 25.9. The Balaban J connectivity index is 1.33. The summed E-state index contributed by atoms with van der Waals surface area (Å²) in [7, 11) is 3.27. The highest BCUT2D eigenvalue weighted by Crippen LogP contribution is 2.43. The van der Waals surface area contributed by atoms with E-state index >= 15 is 0 Å². The highest BCUT2D eigenvalue weighted by molar-refractivity contribution is 6.15. The van der Waals surface area contributed by atoms with Crippen LogP contribution in [0.4, 0.5) is 0 Å². The molecule has 0 fully saturated rings. The number of benzene rings is 3. The Morgan fingerprint density at radius 1 is 1.00 bits per heavy atom. The molecule has 5 rings (SSSR count). The maximum Gasteiger partial charge on any atom is 0.231 e. The van der Waals surface area contributed by atoms with Crippen molar-refractivity contribution in [1.82, 2.24) is 4.90 Å². The van der Waals surface area contributed by atoms with E-state index in [1.54, 1.807) is 20.3 Å². The molecule has 0 amide bonds. The summed E-state index contributed by atoms with van der Waals surface area (Å²) in [5, 5.41) is 0. The van der Waals surface area contributed by atoms with Gasteiger partial charge in [0.05, 0.1) is 26.4 Å². The van der Waals surface area contributed by atoms with E-state index in [-0.39, 0.29) is 11.5 Å². The van der Waals surface area contributed by atoms with Gasteiger partial charge in [-0.2, -0.15) is 0 Å². The van der Waals surface area contributed by atoms with Crippen LogP contribution in [0.1, 0.15) is 39.5 Å². The highest BCUT2D eigenvalue weighted by Gasteiger charge is 2.33. The van der Waals surface area contributed by atoms with Crippen molar-refractivity contribution in [3.63, 3.8) is 0 Å². The summed E-state index contributed by atoms with van der Waals surface area (Å²) >= 11 is 0. The Morgan fingerprint density at radius 2 is 1.81 bits per heavy atom. The molecular weight excluding hydrogens is 470 g/mol. The number of ether oxygens (including phenoxy) is 5. The van der Waals surface area contributed by atoms with Crippen LogP contribution in [-0.2, 0) is 13.0 Å².